The molecule has 1 aromatic rings. The van der Waals surface area contributed by atoms with E-state index < -0.39 is 0 Å². The van der Waals surface area contributed by atoms with E-state index in [1.54, 1.807) is 0 Å². The number of benzene rings is 1. The van der Waals surface area contributed by atoms with Gasteiger partial charge in [0.1, 0.15) is 0 Å². The van der Waals surface area contributed by atoms with E-state index in [4.69, 9.17) is 0 Å². The van der Waals surface area contributed by atoms with Crippen LogP contribution in [0.2, 0.25) is 0 Å². The van der Waals surface area contributed by atoms with Gasteiger partial charge in [-0.1, -0.05) is 23.8 Å². The van der Waals surface area contributed by atoms with E-state index in [2.05, 4.69) is 49.3 Å². The van der Waals surface area contributed by atoms with E-state index in [1.807, 2.05) is 0 Å². The summed E-state index contributed by atoms with van der Waals surface area (Å²) in [6.45, 7) is 8.23. The van der Waals surface area contributed by atoms with Crippen molar-refractivity contribution in [2.24, 2.45) is 11.8 Å². The van der Waals surface area contributed by atoms with Crippen LogP contribution in [-0.2, 0) is 0 Å². The van der Waals surface area contributed by atoms with Crippen molar-refractivity contribution in [3.8, 4) is 0 Å². The number of hydrogen-bond acceptors (Lipinski definition) is 2. The van der Waals surface area contributed by atoms with E-state index in [-0.39, 0.29) is 0 Å². The smallest absolute Gasteiger partial charge is 0.0449 e. The molecule has 1 aromatic carbocycles. The van der Waals surface area contributed by atoms with Crippen LogP contribution < -0.4 is 5.32 Å². The molecule has 2 aliphatic rings. The lowest BCUT2D eigenvalue weighted by molar-refractivity contribution is 0.228. The standard InChI is InChI=1S/C19H30N2/c1-14-4-9-18(15(2)10-14)19(20-3)13-21(11-16-5-6-16)12-17-7-8-17/h4,9-10,16-17,19-20H,5-8,11-13H2,1-3H3. The topological polar surface area (TPSA) is 15.3 Å². The Morgan fingerprint density at radius 2 is 1.71 bits per heavy atom. The Morgan fingerprint density at radius 1 is 1.10 bits per heavy atom. The molecule has 1 atom stereocenters. The number of nitrogens with one attached hydrogen (secondary N) is 1. The minimum Gasteiger partial charge on any atom is -0.312 e. The van der Waals surface area contributed by atoms with Gasteiger partial charge in [-0.15, -0.1) is 0 Å². The molecule has 0 aliphatic heterocycles. The van der Waals surface area contributed by atoms with E-state index in [9.17, 15) is 0 Å². The normalized spacial score (nSPS) is 20.0. The van der Waals surface area contributed by atoms with Gasteiger partial charge in [0.2, 0.25) is 0 Å². The third-order valence-corrected chi connectivity index (χ3v) is 5.02. The first kappa shape index (κ1) is 15.1. The Bertz CT molecular complexity index is 460. The van der Waals surface area contributed by atoms with Crippen molar-refractivity contribution in [3.63, 3.8) is 0 Å². The lowest BCUT2D eigenvalue weighted by Crippen LogP contribution is -2.36. The highest BCUT2D eigenvalue weighted by molar-refractivity contribution is 5.33. The van der Waals surface area contributed by atoms with Crippen LogP contribution in [0, 0.1) is 25.7 Å². The summed E-state index contributed by atoms with van der Waals surface area (Å²) in [4.78, 5) is 2.73. The van der Waals surface area contributed by atoms with Crippen LogP contribution in [0.15, 0.2) is 18.2 Å². The maximum Gasteiger partial charge on any atom is 0.0449 e. The van der Waals surface area contributed by atoms with E-state index in [0.29, 0.717) is 6.04 Å². The first-order valence-corrected chi connectivity index (χ1v) is 8.62. The Kier molecular flexibility index (Phi) is 4.66. The van der Waals surface area contributed by atoms with Gasteiger partial charge in [0, 0.05) is 25.7 Å². The summed E-state index contributed by atoms with van der Waals surface area (Å²) >= 11 is 0. The van der Waals surface area contributed by atoms with Gasteiger partial charge in [-0.2, -0.15) is 0 Å². The third-order valence-electron chi connectivity index (χ3n) is 5.02. The van der Waals surface area contributed by atoms with Crippen molar-refractivity contribution in [1.82, 2.24) is 10.2 Å². The molecule has 0 heterocycles. The summed E-state index contributed by atoms with van der Waals surface area (Å²) in [5, 5.41) is 3.55. The lowest BCUT2D eigenvalue weighted by Gasteiger charge is -2.28. The second-order valence-corrected chi connectivity index (χ2v) is 7.31. The van der Waals surface area contributed by atoms with Gasteiger partial charge in [-0.3, -0.25) is 0 Å². The second kappa shape index (κ2) is 6.50. The summed E-state index contributed by atoms with van der Waals surface area (Å²) < 4.78 is 0. The number of nitrogens with zero attached hydrogens (tertiary/aromatic N) is 1. The fraction of sp³-hybridized carbons (Fsp3) is 0.684. The lowest BCUT2D eigenvalue weighted by atomic mass is 9.98. The summed E-state index contributed by atoms with van der Waals surface area (Å²) in [5.41, 5.74) is 4.26. The minimum atomic E-state index is 0.461. The summed E-state index contributed by atoms with van der Waals surface area (Å²) in [6, 6.07) is 7.34. The van der Waals surface area contributed by atoms with Crippen molar-refractivity contribution >= 4 is 0 Å². The molecule has 2 heteroatoms. The highest BCUT2D eigenvalue weighted by atomic mass is 15.2. The molecule has 21 heavy (non-hydrogen) atoms. The third kappa shape index (κ3) is 4.31. The minimum absolute atomic E-state index is 0.461. The predicted molar refractivity (Wildman–Crippen MR) is 89.6 cm³/mol. The van der Waals surface area contributed by atoms with E-state index >= 15 is 0 Å². The maximum absolute atomic E-state index is 3.55. The van der Waals surface area contributed by atoms with Gasteiger partial charge in [0.15, 0.2) is 0 Å². The number of aryl methyl sites for hydroxylation is 2. The Balaban J connectivity index is 1.67. The molecule has 1 unspecified atom stereocenters. The van der Waals surface area contributed by atoms with Crippen molar-refractivity contribution in [2.75, 3.05) is 26.7 Å². The van der Waals surface area contributed by atoms with Crippen LogP contribution in [-0.4, -0.2) is 31.6 Å². The van der Waals surface area contributed by atoms with Crippen LogP contribution >= 0.6 is 0 Å². The van der Waals surface area contributed by atoms with Gasteiger partial charge < -0.3 is 10.2 Å². The van der Waals surface area contributed by atoms with Gasteiger partial charge in [-0.25, -0.2) is 0 Å². The van der Waals surface area contributed by atoms with Crippen LogP contribution in [0.1, 0.15) is 48.4 Å². The van der Waals surface area contributed by atoms with Crippen molar-refractivity contribution < 1.29 is 0 Å². The Hall–Kier alpha value is -0.860. The first-order chi connectivity index (χ1) is 10.2. The van der Waals surface area contributed by atoms with Crippen LogP contribution in [0.3, 0.4) is 0 Å². The van der Waals surface area contributed by atoms with Crippen molar-refractivity contribution in [1.29, 1.82) is 0 Å². The van der Waals surface area contributed by atoms with Crippen LogP contribution in [0.25, 0.3) is 0 Å². The van der Waals surface area contributed by atoms with Gasteiger partial charge in [0.25, 0.3) is 0 Å². The van der Waals surface area contributed by atoms with Crippen LogP contribution in [0.4, 0.5) is 0 Å². The SMILES string of the molecule is CNC(CN(CC1CC1)CC1CC1)c1ccc(C)cc1C. The highest BCUT2D eigenvalue weighted by Crippen LogP contribution is 2.34. The monoisotopic (exact) mass is 286 g/mol. The zero-order valence-corrected chi connectivity index (χ0v) is 13.9. The molecule has 0 spiro atoms. The fourth-order valence-electron chi connectivity index (χ4n) is 3.37. The van der Waals surface area contributed by atoms with Crippen molar-refractivity contribution in [2.45, 2.75) is 45.6 Å². The largest absolute Gasteiger partial charge is 0.312 e. The number of rotatable bonds is 8. The fourth-order valence-corrected chi connectivity index (χ4v) is 3.37. The quantitative estimate of drug-likeness (QED) is 0.784. The van der Waals surface area contributed by atoms with E-state index in [0.717, 1.165) is 18.4 Å². The molecule has 2 saturated carbocycles. The van der Waals surface area contributed by atoms with Crippen molar-refractivity contribution in [3.05, 3.63) is 34.9 Å². The second-order valence-electron chi connectivity index (χ2n) is 7.31. The molecule has 0 saturated heterocycles. The molecule has 0 radical (unpaired) electrons. The van der Waals surface area contributed by atoms with Crippen LogP contribution in [0.5, 0.6) is 0 Å². The number of likely N-dealkylation sites (N-methyl/N-ethyl adjacent to an activating group) is 1. The Morgan fingerprint density at radius 3 is 2.19 bits per heavy atom. The first-order valence-electron chi connectivity index (χ1n) is 8.62. The Labute approximate surface area is 129 Å². The zero-order chi connectivity index (χ0) is 14.8. The molecular formula is C19H30N2. The summed E-state index contributed by atoms with van der Waals surface area (Å²) in [6.07, 6.45) is 5.81. The summed E-state index contributed by atoms with van der Waals surface area (Å²) in [7, 11) is 2.11. The molecule has 2 aliphatic carbocycles. The average molecular weight is 286 g/mol. The van der Waals surface area contributed by atoms with Gasteiger partial charge >= 0.3 is 0 Å². The summed E-state index contributed by atoms with van der Waals surface area (Å²) in [5.74, 6) is 1.97. The van der Waals surface area contributed by atoms with Gasteiger partial charge in [-0.05, 0) is 69.5 Å². The molecule has 1 N–H and O–H groups in total. The molecule has 0 bridgehead atoms. The number of hydrogen-bond donors (Lipinski definition) is 1. The molecule has 2 nitrogen and oxygen atoms in total. The molecule has 116 valence electrons. The molecule has 0 amide bonds. The molecule has 0 aromatic heterocycles. The zero-order valence-electron chi connectivity index (χ0n) is 13.9. The average Bonchev–Trinajstić information content (AvgIpc) is 3.33. The molecule has 2 fully saturated rings. The highest BCUT2D eigenvalue weighted by Gasteiger charge is 2.30. The molecular weight excluding hydrogens is 256 g/mol. The maximum atomic E-state index is 3.55. The van der Waals surface area contributed by atoms with E-state index in [1.165, 1.54) is 55.5 Å². The predicted octanol–water partition coefficient (Wildman–Crippen LogP) is 3.69. The van der Waals surface area contributed by atoms with Gasteiger partial charge in [0.05, 0.1) is 0 Å². The molecule has 3 rings (SSSR count).